The highest BCUT2D eigenvalue weighted by molar-refractivity contribution is 5.13. The van der Waals surface area contributed by atoms with Crippen molar-refractivity contribution in [2.24, 2.45) is 5.73 Å². The number of nitrogens with zero attached hydrogens (tertiary/aromatic N) is 2. The Bertz CT molecular complexity index is 340. The van der Waals surface area contributed by atoms with Crippen molar-refractivity contribution in [3.63, 3.8) is 0 Å². The number of nitrogens with two attached hydrogens (primary N) is 1. The molecule has 1 aliphatic rings. The van der Waals surface area contributed by atoms with Gasteiger partial charge in [-0.2, -0.15) is 0 Å². The van der Waals surface area contributed by atoms with Gasteiger partial charge in [-0.05, 0) is 33.6 Å². The summed E-state index contributed by atoms with van der Waals surface area (Å²) in [6.07, 6.45) is 8.97. The molecule has 3 nitrogen and oxygen atoms in total. The van der Waals surface area contributed by atoms with Gasteiger partial charge < -0.3 is 10.3 Å². The lowest BCUT2D eigenvalue weighted by atomic mass is 9.96. The third-order valence-electron chi connectivity index (χ3n) is 3.56. The molecule has 84 valence electrons. The molecule has 1 saturated carbocycles. The van der Waals surface area contributed by atoms with Gasteiger partial charge in [-0.25, -0.2) is 4.98 Å². The van der Waals surface area contributed by atoms with E-state index >= 15 is 0 Å². The molecule has 0 radical (unpaired) electrons. The monoisotopic (exact) mass is 207 g/mol. The molecule has 0 atom stereocenters. The van der Waals surface area contributed by atoms with Crippen molar-refractivity contribution in [2.75, 3.05) is 0 Å². The summed E-state index contributed by atoms with van der Waals surface area (Å²) in [6.45, 7) is 6.40. The van der Waals surface area contributed by atoms with E-state index in [9.17, 15) is 0 Å². The lowest BCUT2D eigenvalue weighted by Gasteiger charge is -2.32. The standard InChI is InChI=1S/C12H21N3/c1-11(2,13)10-8-14-9-15(10)12(3)6-4-5-7-12/h8-9H,4-7,13H2,1-3H3. The minimum Gasteiger partial charge on any atom is -0.327 e. The van der Waals surface area contributed by atoms with E-state index in [4.69, 9.17) is 5.73 Å². The van der Waals surface area contributed by atoms with E-state index < -0.39 is 0 Å². The first-order chi connectivity index (χ1) is 6.93. The second-order valence-electron chi connectivity index (χ2n) is 5.57. The van der Waals surface area contributed by atoms with Crippen LogP contribution in [0.25, 0.3) is 0 Å². The van der Waals surface area contributed by atoms with Gasteiger partial charge in [0.1, 0.15) is 0 Å². The molecule has 0 bridgehead atoms. The summed E-state index contributed by atoms with van der Waals surface area (Å²) in [5.74, 6) is 0. The topological polar surface area (TPSA) is 43.8 Å². The van der Waals surface area contributed by atoms with Gasteiger partial charge in [0.25, 0.3) is 0 Å². The minimum atomic E-state index is -0.303. The Balaban J connectivity index is 2.40. The molecule has 3 heteroatoms. The molecule has 0 aliphatic heterocycles. The molecule has 2 rings (SSSR count). The van der Waals surface area contributed by atoms with Crippen molar-refractivity contribution in [3.05, 3.63) is 18.2 Å². The van der Waals surface area contributed by atoms with Gasteiger partial charge in [0, 0.05) is 5.54 Å². The van der Waals surface area contributed by atoms with Crippen molar-refractivity contribution in [3.8, 4) is 0 Å². The van der Waals surface area contributed by atoms with Crippen LogP contribution in [0.15, 0.2) is 12.5 Å². The molecule has 1 fully saturated rings. The number of rotatable bonds is 2. The van der Waals surface area contributed by atoms with Crippen LogP contribution < -0.4 is 5.73 Å². The van der Waals surface area contributed by atoms with Crippen LogP contribution in [0.4, 0.5) is 0 Å². The molecule has 0 aromatic carbocycles. The summed E-state index contributed by atoms with van der Waals surface area (Å²) in [4.78, 5) is 4.26. The maximum absolute atomic E-state index is 6.17. The molecular formula is C12H21N3. The Hall–Kier alpha value is -0.830. The molecule has 1 aromatic rings. The van der Waals surface area contributed by atoms with E-state index in [1.165, 1.54) is 25.7 Å². The first-order valence-corrected chi connectivity index (χ1v) is 5.76. The van der Waals surface area contributed by atoms with Crippen LogP contribution in [0.3, 0.4) is 0 Å². The van der Waals surface area contributed by atoms with Crippen molar-refractivity contribution in [1.29, 1.82) is 0 Å². The van der Waals surface area contributed by atoms with Gasteiger partial charge >= 0.3 is 0 Å². The van der Waals surface area contributed by atoms with Gasteiger partial charge in [0.2, 0.25) is 0 Å². The van der Waals surface area contributed by atoms with Crippen LogP contribution in [-0.4, -0.2) is 9.55 Å². The fourth-order valence-corrected chi connectivity index (χ4v) is 2.58. The molecule has 0 unspecified atom stereocenters. The van der Waals surface area contributed by atoms with Crippen LogP contribution in [-0.2, 0) is 11.1 Å². The Morgan fingerprint density at radius 3 is 2.53 bits per heavy atom. The molecule has 2 N–H and O–H groups in total. The SMILES string of the molecule is CC(C)(N)c1cncn1C1(C)CCCC1. The minimum absolute atomic E-state index is 0.239. The van der Waals surface area contributed by atoms with E-state index in [0.29, 0.717) is 0 Å². The first kappa shape index (κ1) is 10.7. The predicted molar refractivity (Wildman–Crippen MR) is 61.6 cm³/mol. The third-order valence-corrected chi connectivity index (χ3v) is 3.56. The van der Waals surface area contributed by atoms with Gasteiger partial charge in [-0.15, -0.1) is 0 Å². The van der Waals surface area contributed by atoms with Gasteiger partial charge in [0.05, 0.1) is 23.8 Å². The molecule has 0 saturated heterocycles. The fourth-order valence-electron chi connectivity index (χ4n) is 2.58. The maximum atomic E-state index is 6.17. The van der Waals surface area contributed by atoms with E-state index in [1.807, 2.05) is 26.4 Å². The fraction of sp³-hybridized carbons (Fsp3) is 0.750. The average Bonchev–Trinajstić information content (AvgIpc) is 2.69. The van der Waals surface area contributed by atoms with Crippen molar-refractivity contribution in [2.45, 2.75) is 57.5 Å². The molecular weight excluding hydrogens is 186 g/mol. The lowest BCUT2D eigenvalue weighted by Crippen LogP contribution is -2.37. The normalized spacial score (nSPS) is 20.8. The first-order valence-electron chi connectivity index (χ1n) is 5.76. The van der Waals surface area contributed by atoms with E-state index in [2.05, 4.69) is 16.5 Å². The summed E-state index contributed by atoms with van der Waals surface area (Å²) in [6, 6.07) is 0. The molecule has 1 heterocycles. The Morgan fingerprint density at radius 2 is 2.00 bits per heavy atom. The maximum Gasteiger partial charge on any atom is 0.0953 e. The Morgan fingerprint density at radius 1 is 1.40 bits per heavy atom. The number of imidazole rings is 1. The molecule has 1 aromatic heterocycles. The molecule has 15 heavy (non-hydrogen) atoms. The quantitative estimate of drug-likeness (QED) is 0.809. The molecule has 1 aliphatic carbocycles. The summed E-state index contributed by atoms with van der Waals surface area (Å²) < 4.78 is 2.29. The highest BCUT2D eigenvalue weighted by atomic mass is 15.1. The van der Waals surface area contributed by atoms with Crippen LogP contribution in [0, 0.1) is 0 Å². The van der Waals surface area contributed by atoms with Crippen LogP contribution >= 0.6 is 0 Å². The van der Waals surface area contributed by atoms with E-state index in [-0.39, 0.29) is 11.1 Å². The number of aromatic nitrogens is 2. The number of hydrogen-bond donors (Lipinski definition) is 1. The molecule has 0 amide bonds. The Kier molecular flexibility index (Phi) is 2.38. The van der Waals surface area contributed by atoms with Crippen molar-refractivity contribution in [1.82, 2.24) is 9.55 Å². The lowest BCUT2D eigenvalue weighted by molar-refractivity contribution is 0.301. The molecule has 0 spiro atoms. The zero-order chi connectivity index (χ0) is 11.1. The van der Waals surface area contributed by atoms with Crippen molar-refractivity contribution < 1.29 is 0 Å². The third kappa shape index (κ3) is 1.81. The predicted octanol–water partition coefficient (Wildman–Crippen LogP) is 2.37. The van der Waals surface area contributed by atoms with Crippen molar-refractivity contribution >= 4 is 0 Å². The van der Waals surface area contributed by atoms with Crippen LogP contribution in [0.1, 0.15) is 52.1 Å². The van der Waals surface area contributed by atoms with Gasteiger partial charge in [-0.1, -0.05) is 12.8 Å². The highest BCUT2D eigenvalue weighted by Gasteiger charge is 2.34. The van der Waals surface area contributed by atoms with Gasteiger partial charge in [0.15, 0.2) is 0 Å². The largest absolute Gasteiger partial charge is 0.327 e. The van der Waals surface area contributed by atoms with Crippen LogP contribution in [0.5, 0.6) is 0 Å². The second-order valence-corrected chi connectivity index (χ2v) is 5.57. The van der Waals surface area contributed by atoms with Crippen LogP contribution in [0.2, 0.25) is 0 Å². The zero-order valence-corrected chi connectivity index (χ0v) is 9.95. The summed E-state index contributed by atoms with van der Waals surface area (Å²) >= 11 is 0. The summed E-state index contributed by atoms with van der Waals surface area (Å²) in [5.41, 5.74) is 7.25. The highest BCUT2D eigenvalue weighted by Crippen LogP contribution is 2.38. The average molecular weight is 207 g/mol. The Labute approximate surface area is 91.7 Å². The smallest absolute Gasteiger partial charge is 0.0953 e. The van der Waals surface area contributed by atoms with Gasteiger partial charge in [-0.3, -0.25) is 0 Å². The number of hydrogen-bond acceptors (Lipinski definition) is 2. The van der Waals surface area contributed by atoms with E-state index in [0.717, 1.165) is 5.69 Å². The zero-order valence-electron chi connectivity index (χ0n) is 9.95. The summed E-state index contributed by atoms with van der Waals surface area (Å²) in [5, 5.41) is 0. The summed E-state index contributed by atoms with van der Waals surface area (Å²) in [7, 11) is 0. The van der Waals surface area contributed by atoms with E-state index in [1.54, 1.807) is 0 Å². The second kappa shape index (κ2) is 3.34.